The molecular formula is C67H82Cl5F2N7O11. The predicted molar refractivity (Wildman–Crippen MR) is 347 cm³/mol. The number of amides is 4. The Morgan fingerprint density at radius 2 is 1.05 bits per heavy atom. The van der Waals surface area contributed by atoms with Crippen molar-refractivity contribution < 1.29 is 62.3 Å². The first-order valence-corrected chi connectivity index (χ1v) is 33.0. The third-order valence-electron chi connectivity index (χ3n) is 21.5. The SMILES string of the molecule is CC1(C)CCC2(CC1)C[C@@H](C(=O)C[C@@H]1CC[C@@H](C(=O)NCCO)OC1)[C@H](c1ccnc(Cl)c1F)[C@]21C(=O)Nc2cc(Cl)ccc21.CC1(C)CCC2(CC1)C[C@@H](C(=O)O)[C@H](c1ccnc(Cl)c1F)[C@]21C(=O)Nc2cc(Cl)ccc21.Cl.N[C@@H]1CC[C@@H](C(=O)NCCO)OC1. The summed E-state index contributed by atoms with van der Waals surface area (Å²) in [6.07, 6.45) is 11.5. The van der Waals surface area contributed by atoms with Crippen LogP contribution in [-0.4, -0.2) is 118 Å². The lowest BCUT2D eigenvalue weighted by molar-refractivity contribution is -0.142. The highest BCUT2D eigenvalue weighted by molar-refractivity contribution is 6.32. The van der Waals surface area contributed by atoms with Gasteiger partial charge in [0.2, 0.25) is 23.6 Å². The highest BCUT2D eigenvalue weighted by Crippen LogP contribution is 2.74. The van der Waals surface area contributed by atoms with Crippen LogP contribution in [0.1, 0.15) is 158 Å². The number of carboxylic acids is 1. The number of hydrogen-bond acceptors (Lipinski definition) is 13. The summed E-state index contributed by atoms with van der Waals surface area (Å²) in [5.74, 6) is -6.97. The summed E-state index contributed by atoms with van der Waals surface area (Å²) < 4.78 is 42.6. The van der Waals surface area contributed by atoms with Crippen molar-refractivity contribution in [3.05, 3.63) is 115 Å². The molecule has 2 saturated heterocycles. The van der Waals surface area contributed by atoms with Crippen LogP contribution < -0.4 is 27.0 Å². The van der Waals surface area contributed by atoms with Crippen molar-refractivity contribution in [2.75, 3.05) is 50.2 Å². The van der Waals surface area contributed by atoms with Gasteiger partial charge in [-0.3, -0.25) is 28.8 Å². The predicted octanol–water partition coefficient (Wildman–Crippen LogP) is 11.2. The molecule has 0 unspecified atom stereocenters. The summed E-state index contributed by atoms with van der Waals surface area (Å²) in [5, 5.41) is 39.4. The van der Waals surface area contributed by atoms with Crippen molar-refractivity contribution in [3.63, 3.8) is 0 Å². The number of pyridine rings is 2. The molecule has 18 nitrogen and oxygen atoms in total. The van der Waals surface area contributed by atoms with Gasteiger partial charge in [-0.2, -0.15) is 0 Å². The monoisotopic (exact) mass is 1370 g/mol. The number of halogens is 7. The number of carbonyl (C=O) groups excluding carboxylic acids is 5. The van der Waals surface area contributed by atoms with E-state index in [-0.39, 0.29) is 138 Å². The molecule has 4 aliphatic heterocycles. The first-order valence-electron chi connectivity index (χ1n) is 31.5. The van der Waals surface area contributed by atoms with Gasteiger partial charge in [-0.05, 0) is 176 Å². The summed E-state index contributed by atoms with van der Waals surface area (Å²) in [6, 6.07) is 13.7. The molecule has 4 aromatic rings. The standard InChI is InChI=1S/C34H40Cl2FN3O5.C25H25Cl2FN2O3.C8H16N2O3.ClH/c1-32(2)8-10-33(11-9-32)17-22(25(42)15-19-3-6-26(45-18-19)30(43)39-13-14-41)27(21-7-12-38-29(36)28(21)37)34(33)23-5-4-20(35)16-24(23)40-31(34)44;1-23(2)6-8-24(9-7-23)12-15(21(31)32)18(14-5-10-29-20(27)19(14)28)25(24)16-4-3-13(26)11-17(16)30-22(25)33;9-6-1-2-7(13-5-6)8(12)10-3-4-11;/h4-5,7,12,16,19,22,26-27,41H,3,6,8-11,13-15,17-18H2,1-2H3,(H,39,43)(H,40,44);3-5,10-11,15,18H,6-9,12H2,1-2H3,(H,30,33)(H,31,32);6-7,11H,1-5,9H2,(H,10,12);1H/t19-,22-,26-,27-,34+;15-,18+,25-;6-,7+;/m011./s1. The molecule has 4 amide bonds. The van der Waals surface area contributed by atoms with Crippen LogP contribution in [0.3, 0.4) is 0 Å². The molecule has 8 aliphatic rings. The fourth-order valence-electron chi connectivity index (χ4n) is 16.9. The van der Waals surface area contributed by atoms with Gasteiger partial charge in [0.25, 0.3) is 0 Å². The fraction of sp³-hybridized carbons (Fsp3) is 0.582. The van der Waals surface area contributed by atoms with Crippen LogP contribution in [0, 0.1) is 51.0 Å². The van der Waals surface area contributed by atoms with Crippen LogP contribution in [0.5, 0.6) is 0 Å². The second kappa shape index (κ2) is 28.3. The number of hydrogen-bond donors (Lipinski definition) is 8. The van der Waals surface area contributed by atoms with Gasteiger partial charge in [0.15, 0.2) is 21.9 Å². The van der Waals surface area contributed by atoms with Crippen molar-refractivity contribution in [1.29, 1.82) is 0 Å². The molecule has 25 heteroatoms. The van der Waals surface area contributed by atoms with E-state index in [1.807, 2.05) is 6.07 Å². The minimum Gasteiger partial charge on any atom is -0.481 e. The van der Waals surface area contributed by atoms with E-state index in [1.54, 1.807) is 36.4 Å². The second-order valence-electron chi connectivity index (χ2n) is 27.8. The summed E-state index contributed by atoms with van der Waals surface area (Å²) >= 11 is 24.9. The third kappa shape index (κ3) is 13.2. The number of aliphatic hydroxyl groups is 2. The molecule has 2 aromatic carbocycles. The van der Waals surface area contributed by atoms with E-state index >= 15 is 8.78 Å². The van der Waals surface area contributed by atoms with E-state index in [1.165, 1.54) is 18.5 Å². The molecule has 4 aliphatic carbocycles. The number of aromatic nitrogens is 2. The maximum absolute atomic E-state index is 16.1. The Morgan fingerprint density at radius 3 is 1.46 bits per heavy atom. The molecule has 500 valence electrons. The molecule has 6 heterocycles. The Kier molecular flexibility index (Phi) is 21.9. The zero-order valence-corrected chi connectivity index (χ0v) is 55.8. The molecular weight excluding hydrogens is 1290 g/mol. The number of Topliss-reactive ketones (excluding diaryl/α,β-unsaturated/α-hetero) is 1. The Morgan fingerprint density at radius 1 is 0.630 bits per heavy atom. The molecule has 2 aromatic heterocycles. The van der Waals surface area contributed by atoms with Crippen molar-refractivity contribution >= 4 is 106 Å². The lowest BCUT2D eigenvalue weighted by Crippen LogP contribution is -2.52. The van der Waals surface area contributed by atoms with Crippen LogP contribution in [0.15, 0.2) is 60.9 Å². The number of aliphatic hydroxyl groups excluding tert-OH is 2. The third-order valence-corrected chi connectivity index (χ3v) is 22.5. The Bertz CT molecular complexity index is 3440. The summed E-state index contributed by atoms with van der Waals surface area (Å²) in [4.78, 5) is 87.2. The lowest BCUT2D eigenvalue weighted by Gasteiger charge is -2.51. The van der Waals surface area contributed by atoms with E-state index in [2.05, 4.69) is 58.9 Å². The molecule has 9 N–H and O–H groups in total. The average Bonchev–Trinajstić information content (AvgIpc) is 1.51. The maximum Gasteiger partial charge on any atom is 0.307 e. The quantitative estimate of drug-likeness (QED) is 0.0613. The summed E-state index contributed by atoms with van der Waals surface area (Å²) in [5.41, 5.74) is 5.03. The average molecular weight is 1380 g/mol. The molecule has 0 bridgehead atoms. The fourth-order valence-corrected chi connectivity index (χ4v) is 17.6. The number of anilines is 2. The minimum absolute atomic E-state index is 0. The van der Waals surface area contributed by atoms with Crippen LogP contribution >= 0.6 is 58.8 Å². The van der Waals surface area contributed by atoms with E-state index in [4.69, 9.17) is 71.8 Å². The maximum atomic E-state index is 16.1. The first-order chi connectivity index (χ1) is 43.2. The van der Waals surface area contributed by atoms with Crippen LogP contribution in [0.25, 0.3) is 0 Å². The molecule has 6 fully saturated rings. The number of fused-ring (bicyclic) bond motifs is 6. The number of aliphatic carboxylic acids is 1. The summed E-state index contributed by atoms with van der Waals surface area (Å²) in [7, 11) is 0. The Labute approximate surface area is 560 Å². The highest BCUT2D eigenvalue weighted by atomic mass is 35.5. The number of carbonyl (C=O) groups is 6. The molecule has 4 spiro atoms. The van der Waals surface area contributed by atoms with Gasteiger partial charge in [-0.15, -0.1) is 12.4 Å². The molecule has 4 saturated carbocycles. The molecule has 12 rings (SSSR count). The summed E-state index contributed by atoms with van der Waals surface area (Å²) in [6.45, 7) is 9.76. The molecule has 0 radical (unpaired) electrons. The second-order valence-corrected chi connectivity index (χ2v) is 29.4. The zero-order valence-electron chi connectivity index (χ0n) is 52.0. The number of benzene rings is 2. The number of nitrogens with zero attached hydrogens (tertiary/aromatic N) is 2. The Hall–Kier alpha value is -5.13. The van der Waals surface area contributed by atoms with Crippen molar-refractivity contribution in [2.45, 2.75) is 165 Å². The smallest absolute Gasteiger partial charge is 0.307 e. The van der Waals surface area contributed by atoms with Crippen LogP contribution in [-0.2, 0) is 49.1 Å². The van der Waals surface area contributed by atoms with E-state index < -0.39 is 69.0 Å². The Balaban J connectivity index is 0.000000186. The topological polar surface area (TPSA) is 281 Å². The van der Waals surface area contributed by atoms with Gasteiger partial charge in [0.1, 0.15) is 18.0 Å². The number of rotatable bonds is 12. The van der Waals surface area contributed by atoms with Gasteiger partial charge < -0.3 is 51.8 Å². The van der Waals surface area contributed by atoms with Crippen molar-refractivity contribution in [3.8, 4) is 0 Å². The largest absolute Gasteiger partial charge is 0.481 e. The van der Waals surface area contributed by atoms with Crippen molar-refractivity contribution in [1.82, 2.24) is 20.6 Å². The number of ether oxygens (including phenoxy) is 2. The van der Waals surface area contributed by atoms with Gasteiger partial charge in [0.05, 0.1) is 43.2 Å². The molecule has 92 heavy (non-hydrogen) atoms. The van der Waals surface area contributed by atoms with Gasteiger partial charge >= 0.3 is 5.97 Å². The zero-order chi connectivity index (χ0) is 65.6. The number of nitrogens with one attached hydrogen (secondary N) is 4. The highest BCUT2D eigenvalue weighted by Gasteiger charge is 2.74. The number of nitrogens with two attached hydrogens (primary N) is 1. The van der Waals surface area contributed by atoms with E-state index in [9.17, 15) is 33.9 Å². The van der Waals surface area contributed by atoms with E-state index in [0.717, 1.165) is 37.7 Å². The minimum atomic E-state index is -1.25. The van der Waals surface area contributed by atoms with Crippen LogP contribution in [0.2, 0.25) is 20.4 Å². The molecule has 10 atom stereocenters. The number of carboxylic acid groups (broad SMARTS) is 1. The normalized spacial score (nSPS) is 29.1. The lowest BCUT2D eigenvalue weighted by atomic mass is 9.51. The number of ketones is 1. The van der Waals surface area contributed by atoms with Gasteiger partial charge in [-0.1, -0.05) is 86.2 Å². The van der Waals surface area contributed by atoms with Crippen LogP contribution in [0.4, 0.5) is 20.2 Å². The van der Waals surface area contributed by atoms with E-state index in [0.29, 0.717) is 85.0 Å². The van der Waals surface area contributed by atoms with Gasteiger partial charge in [-0.25, -0.2) is 18.7 Å². The van der Waals surface area contributed by atoms with Gasteiger partial charge in [0, 0.05) is 77.1 Å². The van der Waals surface area contributed by atoms with Crippen molar-refractivity contribution in [2.24, 2.45) is 45.1 Å². The first kappa shape index (κ1) is 71.2.